The van der Waals surface area contributed by atoms with E-state index in [2.05, 4.69) is 10.2 Å². The summed E-state index contributed by atoms with van der Waals surface area (Å²) in [4.78, 5) is 12.2. The zero-order valence-electron chi connectivity index (χ0n) is 13.4. The molecule has 0 saturated carbocycles. The molecule has 0 spiro atoms. The Balaban J connectivity index is 1.71. The normalized spacial score (nSPS) is 10.8. The van der Waals surface area contributed by atoms with Crippen molar-refractivity contribution in [2.75, 3.05) is 5.75 Å². The van der Waals surface area contributed by atoms with Crippen LogP contribution >= 0.6 is 11.8 Å². The highest BCUT2D eigenvalue weighted by Crippen LogP contribution is 2.23. The number of phenolic OH excluding ortho intramolecular Hbond substituents is 1. The molecule has 3 rings (SSSR count). The number of hydrogen-bond donors (Lipinski definition) is 1. The maximum Gasteiger partial charge on any atom is 0.191 e. The van der Waals surface area contributed by atoms with Gasteiger partial charge in [0.15, 0.2) is 16.8 Å². The molecule has 0 bridgehead atoms. The van der Waals surface area contributed by atoms with Gasteiger partial charge in [-0.2, -0.15) is 0 Å². The van der Waals surface area contributed by atoms with Crippen LogP contribution in [-0.2, 0) is 7.05 Å². The van der Waals surface area contributed by atoms with Crippen LogP contribution in [0.4, 0.5) is 0 Å². The number of ketones is 1. The van der Waals surface area contributed by atoms with E-state index >= 15 is 0 Å². The number of benzene rings is 2. The predicted molar refractivity (Wildman–Crippen MR) is 94.3 cm³/mol. The van der Waals surface area contributed by atoms with Gasteiger partial charge in [0, 0.05) is 18.2 Å². The van der Waals surface area contributed by atoms with Crippen molar-refractivity contribution in [3.05, 3.63) is 59.7 Å². The Labute approximate surface area is 144 Å². The van der Waals surface area contributed by atoms with Gasteiger partial charge < -0.3 is 9.67 Å². The lowest BCUT2D eigenvalue weighted by atomic mass is 10.1. The highest BCUT2D eigenvalue weighted by molar-refractivity contribution is 7.99. The molecule has 122 valence electrons. The molecule has 6 heteroatoms. The van der Waals surface area contributed by atoms with Gasteiger partial charge in [-0.3, -0.25) is 4.79 Å². The van der Waals surface area contributed by atoms with E-state index in [1.807, 2.05) is 42.8 Å². The Morgan fingerprint density at radius 2 is 1.75 bits per heavy atom. The van der Waals surface area contributed by atoms with Crippen molar-refractivity contribution >= 4 is 17.5 Å². The quantitative estimate of drug-likeness (QED) is 0.569. The molecule has 24 heavy (non-hydrogen) atoms. The standard InChI is InChI=1S/C18H17N3O2S/c1-12-3-5-14(6-4-12)17-19-20-18(21(17)2)24-11-16(23)13-7-9-15(22)10-8-13/h3-10,22H,11H2,1-2H3. The number of carbonyl (C=O) groups excluding carboxylic acids is 1. The van der Waals surface area contributed by atoms with Crippen LogP contribution in [0.3, 0.4) is 0 Å². The van der Waals surface area contributed by atoms with Crippen molar-refractivity contribution in [1.82, 2.24) is 14.8 Å². The lowest BCUT2D eigenvalue weighted by Crippen LogP contribution is -2.03. The van der Waals surface area contributed by atoms with Crippen molar-refractivity contribution in [1.29, 1.82) is 0 Å². The minimum atomic E-state index is -0.0140. The first-order valence-corrected chi connectivity index (χ1v) is 8.44. The first-order chi connectivity index (χ1) is 11.5. The van der Waals surface area contributed by atoms with E-state index in [0.717, 1.165) is 11.4 Å². The maximum absolute atomic E-state index is 12.2. The van der Waals surface area contributed by atoms with E-state index in [0.29, 0.717) is 10.7 Å². The molecule has 0 radical (unpaired) electrons. The Bertz CT molecular complexity index is 855. The number of thioether (sulfide) groups is 1. The summed E-state index contributed by atoms with van der Waals surface area (Å²) in [6.07, 6.45) is 0. The number of nitrogens with zero attached hydrogens (tertiary/aromatic N) is 3. The molecule has 0 fully saturated rings. The fourth-order valence-electron chi connectivity index (χ4n) is 2.26. The first-order valence-electron chi connectivity index (χ1n) is 7.46. The third-order valence-electron chi connectivity index (χ3n) is 3.67. The Hall–Kier alpha value is -2.60. The van der Waals surface area contributed by atoms with Crippen LogP contribution in [0.5, 0.6) is 5.75 Å². The van der Waals surface area contributed by atoms with Crippen LogP contribution in [0.25, 0.3) is 11.4 Å². The lowest BCUT2D eigenvalue weighted by molar-refractivity contribution is 0.102. The summed E-state index contributed by atoms with van der Waals surface area (Å²) < 4.78 is 1.89. The molecule has 5 nitrogen and oxygen atoms in total. The fourth-order valence-corrected chi connectivity index (χ4v) is 3.06. The third-order valence-corrected chi connectivity index (χ3v) is 4.69. The molecule has 0 aliphatic heterocycles. The second-order valence-electron chi connectivity index (χ2n) is 5.49. The molecule has 0 aliphatic rings. The van der Waals surface area contributed by atoms with Crippen molar-refractivity contribution in [2.24, 2.45) is 7.05 Å². The Morgan fingerprint density at radius 3 is 2.42 bits per heavy atom. The van der Waals surface area contributed by atoms with Crippen LogP contribution in [0.1, 0.15) is 15.9 Å². The number of hydrogen-bond acceptors (Lipinski definition) is 5. The highest BCUT2D eigenvalue weighted by Gasteiger charge is 2.13. The van der Waals surface area contributed by atoms with Crippen LogP contribution in [-0.4, -0.2) is 31.4 Å². The average Bonchev–Trinajstić information content (AvgIpc) is 2.95. The van der Waals surface area contributed by atoms with Gasteiger partial charge >= 0.3 is 0 Å². The second-order valence-corrected chi connectivity index (χ2v) is 6.43. The first kappa shape index (κ1) is 16.3. The van der Waals surface area contributed by atoms with E-state index in [9.17, 15) is 9.90 Å². The van der Waals surface area contributed by atoms with Gasteiger partial charge in [0.25, 0.3) is 0 Å². The molecule has 0 atom stereocenters. The van der Waals surface area contributed by atoms with Gasteiger partial charge in [-0.15, -0.1) is 10.2 Å². The molecular weight excluding hydrogens is 322 g/mol. The number of phenols is 1. The van der Waals surface area contributed by atoms with E-state index < -0.39 is 0 Å². The van der Waals surface area contributed by atoms with Gasteiger partial charge in [-0.25, -0.2) is 0 Å². The molecule has 2 aromatic carbocycles. The monoisotopic (exact) mass is 339 g/mol. The summed E-state index contributed by atoms with van der Waals surface area (Å²) >= 11 is 1.35. The third kappa shape index (κ3) is 3.49. The summed E-state index contributed by atoms with van der Waals surface area (Å²) in [5.74, 6) is 1.18. The predicted octanol–water partition coefficient (Wildman–Crippen LogP) is 3.47. The maximum atomic E-state index is 12.2. The Kier molecular flexibility index (Phi) is 4.66. The summed E-state index contributed by atoms with van der Waals surface area (Å²) in [6, 6.07) is 14.3. The molecule has 3 aromatic rings. The minimum absolute atomic E-state index is 0.0140. The van der Waals surface area contributed by atoms with Crippen molar-refractivity contribution in [2.45, 2.75) is 12.1 Å². The number of carbonyl (C=O) groups is 1. The largest absolute Gasteiger partial charge is 0.508 e. The van der Waals surface area contributed by atoms with Crippen LogP contribution in [0.15, 0.2) is 53.7 Å². The SMILES string of the molecule is Cc1ccc(-c2nnc(SCC(=O)c3ccc(O)cc3)n2C)cc1. The molecule has 0 amide bonds. The van der Waals surface area contributed by atoms with Crippen LogP contribution in [0.2, 0.25) is 0 Å². The fraction of sp³-hybridized carbons (Fsp3) is 0.167. The van der Waals surface area contributed by atoms with E-state index in [1.165, 1.54) is 29.5 Å². The molecule has 1 N–H and O–H groups in total. The average molecular weight is 339 g/mol. The lowest BCUT2D eigenvalue weighted by Gasteiger charge is -2.04. The summed E-state index contributed by atoms with van der Waals surface area (Å²) in [5, 5.41) is 18.4. The Morgan fingerprint density at radius 1 is 1.08 bits per heavy atom. The molecular formula is C18H17N3O2S. The van der Waals surface area contributed by atoms with Gasteiger partial charge in [-0.05, 0) is 31.2 Å². The van der Waals surface area contributed by atoms with Gasteiger partial charge in [-0.1, -0.05) is 41.6 Å². The number of aromatic hydroxyl groups is 1. The molecule has 1 aromatic heterocycles. The zero-order chi connectivity index (χ0) is 17.1. The van der Waals surface area contributed by atoms with Crippen molar-refractivity contribution in [3.63, 3.8) is 0 Å². The highest BCUT2D eigenvalue weighted by atomic mass is 32.2. The van der Waals surface area contributed by atoms with Crippen LogP contribution in [0, 0.1) is 6.92 Å². The van der Waals surface area contributed by atoms with Crippen molar-refractivity contribution in [3.8, 4) is 17.1 Å². The summed E-state index contributed by atoms with van der Waals surface area (Å²) in [5.41, 5.74) is 2.75. The molecule has 0 saturated heterocycles. The zero-order valence-corrected chi connectivity index (χ0v) is 14.2. The van der Waals surface area contributed by atoms with E-state index in [-0.39, 0.29) is 17.3 Å². The molecule has 1 heterocycles. The smallest absolute Gasteiger partial charge is 0.191 e. The minimum Gasteiger partial charge on any atom is -0.508 e. The second kappa shape index (κ2) is 6.88. The molecule has 0 unspecified atom stereocenters. The van der Waals surface area contributed by atoms with Crippen LogP contribution < -0.4 is 0 Å². The van der Waals surface area contributed by atoms with Gasteiger partial charge in [0.2, 0.25) is 0 Å². The number of Topliss-reactive ketones (excluding diaryl/α,β-unsaturated/α-hetero) is 1. The summed E-state index contributed by atoms with van der Waals surface area (Å²) in [7, 11) is 1.89. The number of aryl methyl sites for hydroxylation is 1. The number of aromatic nitrogens is 3. The number of rotatable bonds is 5. The van der Waals surface area contributed by atoms with Gasteiger partial charge in [0.1, 0.15) is 5.75 Å². The molecule has 0 aliphatic carbocycles. The van der Waals surface area contributed by atoms with Crippen molar-refractivity contribution < 1.29 is 9.90 Å². The topological polar surface area (TPSA) is 68.0 Å². The van der Waals surface area contributed by atoms with E-state index in [1.54, 1.807) is 12.1 Å². The van der Waals surface area contributed by atoms with E-state index in [4.69, 9.17) is 0 Å². The van der Waals surface area contributed by atoms with Gasteiger partial charge in [0.05, 0.1) is 5.75 Å². The summed E-state index contributed by atoms with van der Waals surface area (Å²) in [6.45, 7) is 2.04.